The van der Waals surface area contributed by atoms with Crippen molar-refractivity contribution in [1.82, 2.24) is 10.6 Å². The van der Waals surface area contributed by atoms with Crippen LogP contribution in [-0.2, 0) is 4.79 Å². The highest BCUT2D eigenvalue weighted by molar-refractivity contribution is 5.78. The molecule has 2 aliphatic rings. The molecule has 0 aromatic carbocycles. The SMILES string of the molecule is CC(C(=O)NCC1CC1)C1CNC1. The van der Waals surface area contributed by atoms with E-state index in [1.807, 2.05) is 6.92 Å². The van der Waals surface area contributed by atoms with E-state index in [-0.39, 0.29) is 11.8 Å². The molecule has 0 aromatic heterocycles. The van der Waals surface area contributed by atoms with Crippen LogP contribution < -0.4 is 10.6 Å². The lowest BCUT2D eigenvalue weighted by Crippen LogP contribution is -2.49. The Morgan fingerprint density at radius 2 is 2.23 bits per heavy atom. The molecule has 1 atom stereocenters. The summed E-state index contributed by atoms with van der Waals surface area (Å²) in [6, 6.07) is 0. The van der Waals surface area contributed by atoms with Gasteiger partial charge in [-0.2, -0.15) is 0 Å². The number of hydrogen-bond donors (Lipinski definition) is 2. The summed E-state index contributed by atoms with van der Waals surface area (Å²) >= 11 is 0. The van der Waals surface area contributed by atoms with E-state index in [0.717, 1.165) is 25.6 Å². The molecule has 3 heteroatoms. The second-order valence-corrected chi connectivity index (χ2v) is 4.40. The molecule has 2 rings (SSSR count). The third-order valence-corrected chi connectivity index (χ3v) is 3.20. The Bertz CT molecular complexity index is 197. The van der Waals surface area contributed by atoms with E-state index in [2.05, 4.69) is 10.6 Å². The maximum Gasteiger partial charge on any atom is 0.223 e. The largest absolute Gasteiger partial charge is 0.356 e. The molecule has 74 valence electrons. The molecule has 0 radical (unpaired) electrons. The predicted octanol–water partition coefficient (Wildman–Crippen LogP) is 0.368. The molecule has 0 spiro atoms. The molecule has 1 aliphatic heterocycles. The second-order valence-electron chi connectivity index (χ2n) is 4.40. The molecule has 3 nitrogen and oxygen atoms in total. The number of amides is 1. The maximum atomic E-state index is 11.6. The van der Waals surface area contributed by atoms with Crippen molar-refractivity contribution in [3.8, 4) is 0 Å². The van der Waals surface area contributed by atoms with Crippen molar-refractivity contribution in [2.75, 3.05) is 19.6 Å². The van der Waals surface area contributed by atoms with Crippen LogP contribution in [0.2, 0.25) is 0 Å². The minimum Gasteiger partial charge on any atom is -0.356 e. The lowest BCUT2D eigenvalue weighted by atomic mass is 9.88. The molecule has 1 aliphatic carbocycles. The quantitative estimate of drug-likeness (QED) is 0.659. The Morgan fingerprint density at radius 1 is 1.54 bits per heavy atom. The third kappa shape index (κ3) is 2.21. The van der Waals surface area contributed by atoms with Gasteiger partial charge in [-0.05, 0) is 37.8 Å². The van der Waals surface area contributed by atoms with Crippen molar-refractivity contribution < 1.29 is 4.79 Å². The van der Waals surface area contributed by atoms with Crippen molar-refractivity contribution in [3.05, 3.63) is 0 Å². The molecule has 0 aromatic rings. The van der Waals surface area contributed by atoms with E-state index >= 15 is 0 Å². The molecular formula is C10H18N2O. The fourth-order valence-corrected chi connectivity index (χ4v) is 1.61. The summed E-state index contributed by atoms with van der Waals surface area (Å²) in [5.74, 6) is 1.80. The number of carbonyl (C=O) groups is 1. The van der Waals surface area contributed by atoms with Crippen LogP contribution in [0, 0.1) is 17.8 Å². The zero-order valence-corrected chi connectivity index (χ0v) is 8.18. The van der Waals surface area contributed by atoms with Gasteiger partial charge in [0.2, 0.25) is 5.91 Å². The van der Waals surface area contributed by atoms with Crippen LogP contribution in [0.1, 0.15) is 19.8 Å². The molecule has 0 bridgehead atoms. The highest BCUT2D eigenvalue weighted by Crippen LogP contribution is 2.27. The monoisotopic (exact) mass is 182 g/mol. The Balaban J connectivity index is 1.67. The summed E-state index contributed by atoms with van der Waals surface area (Å²) in [6.07, 6.45) is 2.61. The normalized spacial score (nSPS) is 25.0. The van der Waals surface area contributed by atoms with Crippen molar-refractivity contribution >= 4 is 5.91 Å². The van der Waals surface area contributed by atoms with Gasteiger partial charge in [-0.1, -0.05) is 6.92 Å². The van der Waals surface area contributed by atoms with Crippen molar-refractivity contribution in [1.29, 1.82) is 0 Å². The highest BCUT2D eigenvalue weighted by atomic mass is 16.1. The van der Waals surface area contributed by atoms with Crippen molar-refractivity contribution in [2.24, 2.45) is 17.8 Å². The van der Waals surface area contributed by atoms with Gasteiger partial charge in [-0.15, -0.1) is 0 Å². The minimum absolute atomic E-state index is 0.194. The van der Waals surface area contributed by atoms with Gasteiger partial charge in [0.15, 0.2) is 0 Å². The first kappa shape index (κ1) is 9.00. The molecule has 2 fully saturated rings. The van der Waals surface area contributed by atoms with Crippen molar-refractivity contribution in [3.63, 3.8) is 0 Å². The molecule has 13 heavy (non-hydrogen) atoms. The average molecular weight is 182 g/mol. The van der Waals surface area contributed by atoms with Crippen LogP contribution in [-0.4, -0.2) is 25.5 Å². The maximum absolute atomic E-state index is 11.6. The van der Waals surface area contributed by atoms with E-state index in [0.29, 0.717) is 5.92 Å². The summed E-state index contributed by atoms with van der Waals surface area (Å²) in [6.45, 7) is 4.97. The van der Waals surface area contributed by atoms with Crippen LogP contribution in [0.5, 0.6) is 0 Å². The minimum atomic E-state index is 0.194. The van der Waals surface area contributed by atoms with Crippen LogP contribution in [0.3, 0.4) is 0 Å². The first-order chi connectivity index (χ1) is 6.27. The summed E-state index contributed by atoms with van der Waals surface area (Å²) in [4.78, 5) is 11.6. The van der Waals surface area contributed by atoms with Crippen molar-refractivity contribution in [2.45, 2.75) is 19.8 Å². The number of carbonyl (C=O) groups excluding carboxylic acids is 1. The number of nitrogens with one attached hydrogen (secondary N) is 2. The van der Waals surface area contributed by atoms with E-state index in [1.54, 1.807) is 0 Å². The Hall–Kier alpha value is -0.570. The van der Waals surface area contributed by atoms with E-state index < -0.39 is 0 Å². The zero-order chi connectivity index (χ0) is 9.26. The fourth-order valence-electron chi connectivity index (χ4n) is 1.61. The second kappa shape index (κ2) is 3.66. The molecule has 2 N–H and O–H groups in total. The third-order valence-electron chi connectivity index (χ3n) is 3.20. The smallest absolute Gasteiger partial charge is 0.223 e. The number of rotatable bonds is 4. The van der Waals surface area contributed by atoms with Crippen LogP contribution in [0.15, 0.2) is 0 Å². The molecule has 1 amide bonds. The summed E-state index contributed by atoms with van der Waals surface area (Å²) < 4.78 is 0. The van der Waals surface area contributed by atoms with Crippen LogP contribution in [0.25, 0.3) is 0 Å². The fraction of sp³-hybridized carbons (Fsp3) is 0.900. The predicted molar refractivity (Wildman–Crippen MR) is 51.3 cm³/mol. The zero-order valence-electron chi connectivity index (χ0n) is 8.18. The Morgan fingerprint density at radius 3 is 2.69 bits per heavy atom. The van der Waals surface area contributed by atoms with Gasteiger partial charge in [0, 0.05) is 12.5 Å². The number of hydrogen-bond acceptors (Lipinski definition) is 2. The van der Waals surface area contributed by atoms with Crippen LogP contribution >= 0.6 is 0 Å². The molecular weight excluding hydrogens is 164 g/mol. The van der Waals surface area contributed by atoms with E-state index in [9.17, 15) is 4.79 Å². The topological polar surface area (TPSA) is 41.1 Å². The lowest BCUT2D eigenvalue weighted by Gasteiger charge is -2.31. The Labute approximate surface area is 79.3 Å². The summed E-state index contributed by atoms with van der Waals surface area (Å²) in [5, 5.41) is 6.22. The van der Waals surface area contributed by atoms with Crippen LogP contribution in [0.4, 0.5) is 0 Å². The lowest BCUT2D eigenvalue weighted by molar-refractivity contribution is -0.126. The standard InChI is InChI=1S/C10H18N2O/c1-7(9-5-11-6-9)10(13)12-4-8-2-3-8/h7-9,11H,2-6H2,1H3,(H,12,13). The van der Waals surface area contributed by atoms with E-state index in [4.69, 9.17) is 0 Å². The average Bonchev–Trinajstić information content (AvgIpc) is 2.79. The van der Waals surface area contributed by atoms with Gasteiger partial charge in [-0.25, -0.2) is 0 Å². The van der Waals surface area contributed by atoms with Gasteiger partial charge in [0.1, 0.15) is 0 Å². The van der Waals surface area contributed by atoms with Gasteiger partial charge in [0.05, 0.1) is 0 Å². The highest BCUT2D eigenvalue weighted by Gasteiger charge is 2.29. The molecule has 1 unspecified atom stereocenters. The Kier molecular flexibility index (Phi) is 2.54. The van der Waals surface area contributed by atoms with Gasteiger partial charge >= 0.3 is 0 Å². The summed E-state index contributed by atoms with van der Waals surface area (Å²) in [5.41, 5.74) is 0. The molecule has 1 saturated carbocycles. The summed E-state index contributed by atoms with van der Waals surface area (Å²) in [7, 11) is 0. The first-order valence-corrected chi connectivity index (χ1v) is 5.26. The van der Waals surface area contributed by atoms with Gasteiger partial charge < -0.3 is 10.6 Å². The molecule has 1 saturated heterocycles. The molecule has 1 heterocycles. The van der Waals surface area contributed by atoms with Gasteiger partial charge in [0.25, 0.3) is 0 Å². The van der Waals surface area contributed by atoms with E-state index in [1.165, 1.54) is 12.8 Å². The first-order valence-electron chi connectivity index (χ1n) is 5.26. The van der Waals surface area contributed by atoms with Gasteiger partial charge in [-0.3, -0.25) is 4.79 Å².